The molecule has 2 saturated heterocycles. The van der Waals surface area contributed by atoms with Crippen molar-refractivity contribution in [1.82, 2.24) is 9.88 Å². The van der Waals surface area contributed by atoms with Crippen LogP contribution in [0.3, 0.4) is 0 Å². The van der Waals surface area contributed by atoms with E-state index in [0.717, 1.165) is 19.0 Å². The zero-order valence-electron chi connectivity index (χ0n) is 11.6. The van der Waals surface area contributed by atoms with Crippen LogP contribution in [0.4, 0.5) is 3.89 Å². The monoisotopic (exact) mass is 330 g/mol. The third-order valence-electron chi connectivity index (χ3n) is 3.96. The molecule has 1 amide bonds. The minimum atomic E-state index is -5.14. The molecule has 1 aromatic heterocycles. The summed E-state index contributed by atoms with van der Waals surface area (Å²) in [5.74, 6) is -0.282. The highest BCUT2D eigenvalue weighted by molar-refractivity contribution is 7.81. The van der Waals surface area contributed by atoms with E-state index in [9.17, 15) is 17.1 Å². The SMILES string of the molecule is O=C(c1cncc(OS(=O)(=O)F)c1)N1CCC[C@@H]2COC[C@@H]21. The summed E-state index contributed by atoms with van der Waals surface area (Å²) in [6.45, 7) is 1.75. The molecule has 0 N–H and O–H groups in total. The van der Waals surface area contributed by atoms with Gasteiger partial charge in [-0.2, -0.15) is 8.42 Å². The van der Waals surface area contributed by atoms with Crippen molar-refractivity contribution >= 4 is 16.4 Å². The van der Waals surface area contributed by atoms with Crippen LogP contribution in [0, 0.1) is 5.92 Å². The molecule has 3 heterocycles. The Morgan fingerprint density at radius 3 is 3.00 bits per heavy atom. The van der Waals surface area contributed by atoms with Gasteiger partial charge in [0.2, 0.25) is 0 Å². The van der Waals surface area contributed by atoms with Gasteiger partial charge in [0, 0.05) is 18.7 Å². The molecule has 0 unspecified atom stereocenters. The molecule has 2 fully saturated rings. The third-order valence-corrected chi connectivity index (χ3v) is 4.35. The summed E-state index contributed by atoms with van der Waals surface area (Å²) in [7, 11) is -5.14. The highest BCUT2D eigenvalue weighted by Crippen LogP contribution is 2.30. The van der Waals surface area contributed by atoms with Crippen LogP contribution in [0.15, 0.2) is 18.5 Å². The van der Waals surface area contributed by atoms with Gasteiger partial charge in [-0.3, -0.25) is 9.78 Å². The summed E-state index contributed by atoms with van der Waals surface area (Å²) in [5, 5.41) is 0. The first-order valence-electron chi connectivity index (χ1n) is 6.92. The molecular formula is C13H15FN2O5S. The number of pyridine rings is 1. The number of amides is 1. The van der Waals surface area contributed by atoms with Crippen LogP contribution in [0.25, 0.3) is 0 Å². The number of fused-ring (bicyclic) bond motifs is 1. The van der Waals surface area contributed by atoms with E-state index in [2.05, 4.69) is 9.17 Å². The summed E-state index contributed by atoms with van der Waals surface area (Å²) < 4.78 is 43.1. The van der Waals surface area contributed by atoms with Gasteiger partial charge in [-0.15, -0.1) is 0 Å². The van der Waals surface area contributed by atoms with Crippen LogP contribution in [-0.4, -0.2) is 50.0 Å². The molecule has 0 bridgehead atoms. The maximum absolute atomic E-state index is 12.6. The molecular weight excluding hydrogens is 315 g/mol. The Morgan fingerprint density at radius 2 is 2.23 bits per heavy atom. The first-order valence-corrected chi connectivity index (χ1v) is 8.23. The van der Waals surface area contributed by atoms with Gasteiger partial charge in [0.15, 0.2) is 5.75 Å². The maximum Gasteiger partial charge on any atom is 0.488 e. The maximum atomic E-state index is 12.6. The molecule has 0 radical (unpaired) electrons. The quantitative estimate of drug-likeness (QED) is 0.766. The topological polar surface area (TPSA) is 85.8 Å². The number of ether oxygens (including phenoxy) is 1. The van der Waals surface area contributed by atoms with Crippen molar-refractivity contribution in [3.05, 3.63) is 24.0 Å². The molecule has 0 spiro atoms. The second-order valence-electron chi connectivity index (χ2n) is 5.39. The molecule has 2 aliphatic heterocycles. The molecule has 0 aromatic carbocycles. The number of carbonyl (C=O) groups excluding carboxylic acids is 1. The van der Waals surface area contributed by atoms with Crippen LogP contribution in [0.5, 0.6) is 5.75 Å². The van der Waals surface area contributed by atoms with Crippen molar-refractivity contribution in [1.29, 1.82) is 0 Å². The largest absolute Gasteiger partial charge is 0.488 e. The fourth-order valence-electron chi connectivity index (χ4n) is 3.01. The summed E-state index contributed by atoms with van der Waals surface area (Å²) in [6.07, 6.45) is 4.25. The molecule has 2 atom stereocenters. The molecule has 3 rings (SSSR count). The number of nitrogens with zero attached hydrogens (tertiary/aromatic N) is 2. The third kappa shape index (κ3) is 3.20. The number of hydrogen-bond donors (Lipinski definition) is 0. The van der Waals surface area contributed by atoms with Crippen molar-refractivity contribution < 1.29 is 26.0 Å². The Labute approximate surface area is 127 Å². The second-order valence-corrected chi connectivity index (χ2v) is 6.34. The molecule has 2 aliphatic rings. The van der Waals surface area contributed by atoms with Gasteiger partial charge >= 0.3 is 10.5 Å². The average Bonchev–Trinajstić information content (AvgIpc) is 2.93. The van der Waals surface area contributed by atoms with Crippen molar-refractivity contribution in [2.75, 3.05) is 19.8 Å². The molecule has 9 heteroatoms. The lowest BCUT2D eigenvalue weighted by molar-refractivity contribution is 0.0558. The number of carbonyl (C=O) groups is 1. The van der Waals surface area contributed by atoms with E-state index in [1.165, 1.54) is 12.3 Å². The Kier molecular flexibility index (Phi) is 4.00. The lowest BCUT2D eigenvalue weighted by atomic mass is 9.91. The van der Waals surface area contributed by atoms with E-state index in [-0.39, 0.29) is 23.3 Å². The Bertz CT molecular complexity index is 681. The van der Waals surface area contributed by atoms with E-state index >= 15 is 0 Å². The highest BCUT2D eigenvalue weighted by atomic mass is 32.3. The zero-order chi connectivity index (χ0) is 15.7. The molecule has 120 valence electrons. The predicted octanol–water partition coefficient (Wildman–Crippen LogP) is 0.926. The van der Waals surface area contributed by atoms with E-state index in [1.54, 1.807) is 4.90 Å². The van der Waals surface area contributed by atoms with Gasteiger partial charge in [0.05, 0.1) is 31.0 Å². The fourth-order valence-corrected chi connectivity index (χ4v) is 3.33. The lowest BCUT2D eigenvalue weighted by Crippen LogP contribution is -2.48. The minimum Gasteiger partial charge on any atom is -0.379 e. The van der Waals surface area contributed by atoms with Crippen LogP contribution in [-0.2, 0) is 15.2 Å². The second kappa shape index (κ2) is 5.81. The van der Waals surface area contributed by atoms with Gasteiger partial charge in [-0.05, 0) is 18.9 Å². The highest BCUT2D eigenvalue weighted by Gasteiger charge is 2.38. The van der Waals surface area contributed by atoms with Gasteiger partial charge in [0.1, 0.15) is 0 Å². The van der Waals surface area contributed by atoms with Crippen LogP contribution >= 0.6 is 0 Å². The fraction of sp³-hybridized carbons (Fsp3) is 0.538. The van der Waals surface area contributed by atoms with Crippen LogP contribution in [0.1, 0.15) is 23.2 Å². The average molecular weight is 330 g/mol. The summed E-state index contributed by atoms with van der Waals surface area (Å²) >= 11 is 0. The van der Waals surface area contributed by atoms with Crippen molar-refractivity contribution in [3.63, 3.8) is 0 Å². The summed E-state index contributed by atoms with van der Waals surface area (Å²) in [4.78, 5) is 18.0. The number of likely N-dealkylation sites (tertiary alicyclic amines) is 1. The molecule has 22 heavy (non-hydrogen) atoms. The van der Waals surface area contributed by atoms with Crippen LogP contribution in [0.2, 0.25) is 0 Å². The van der Waals surface area contributed by atoms with Gasteiger partial charge in [0.25, 0.3) is 5.91 Å². The molecule has 1 aromatic rings. The Hall–Kier alpha value is -1.74. The number of aromatic nitrogens is 1. The van der Waals surface area contributed by atoms with Crippen LogP contribution < -0.4 is 4.18 Å². The van der Waals surface area contributed by atoms with E-state index in [0.29, 0.717) is 25.7 Å². The summed E-state index contributed by atoms with van der Waals surface area (Å²) in [5.41, 5.74) is 0.161. The smallest absolute Gasteiger partial charge is 0.379 e. The van der Waals surface area contributed by atoms with Gasteiger partial charge in [-0.25, -0.2) is 0 Å². The zero-order valence-corrected chi connectivity index (χ0v) is 12.5. The predicted molar refractivity (Wildman–Crippen MR) is 73.3 cm³/mol. The number of rotatable bonds is 3. The van der Waals surface area contributed by atoms with Crippen molar-refractivity contribution in [3.8, 4) is 5.75 Å². The standard InChI is InChI=1S/C13H15FN2O5S/c14-22(18,19)21-11-4-10(5-15-6-11)13(17)16-3-1-2-9-7-20-8-12(9)16/h4-6,9,12H,1-3,7-8H2/t9-,12+/m1/s1. The first-order chi connectivity index (χ1) is 10.4. The van der Waals surface area contributed by atoms with E-state index in [1.807, 2.05) is 0 Å². The Balaban J connectivity index is 1.81. The number of hydrogen-bond acceptors (Lipinski definition) is 6. The summed E-state index contributed by atoms with van der Waals surface area (Å²) in [6, 6.07) is 1.20. The van der Waals surface area contributed by atoms with E-state index < -0.39 is 10.5 Å². The van der Waals surface area contributed by atoms with E-state index in [4.69, 9.17) is 4.74 Å². The van der Waals surface area contributed by atoms with Gasteiger partial charge in [-0.1, -0.05) is 3.89 Å². The normalized spacial score (nSPS) is 24.9. The Morgan fingerprint density at radius 1 is 1.41 bits per heavy atom. The van der Waals surface area contributed by atoms with Gasteiger partial charge < -0.3 is 13.8 Å². The molecule has 0 aliphatic carbocycles. The molecule has 0 saturated carbocycles. The minimum absolute atomic E-state index is 0.0238. The van der Waals surface area contributed by atoms with Crippen molar-refractivity contribution in [2.45, 2.75) is 18.9 Å². The number of halogens is 1. The van der Waals surface area contributed by atoms with Crippen molar-refractivity contribution in [2.24, 2.45) is 5.92 Å². The first kappa shape index (κ1) is 15.2. The number of piperidine rings is 1. The molecule has 7 nitrogen and oxygen atoms in total. The lowest BCUT2D eigenvalue weighted by Gasteiger charge is -2.36.